The number of rotatable bonds is 6. The molecule has 2 aromatic carbocycles. The summed E-state index contributed by atoms with van der Waals surface area (Å²) in [6, 6.07) is 11.6. The number of carbonyl (C=O) groups excluding carboxylic acids is 2. The normalized spacial score (nSPS) is 14.6. The van der Waals surface area contributed by atoms with E-state index < -0.39 is 0 Å². The van der Waals surface area contributed by atoms with Gasteiger partial charge in [-0.25, -0.2) is 0 Å². The van der Waals surface area contributed by atoms with Gasteiger partial charge in [-0.05, 0) is 73.6 Å². The minimum atomic E-state index is -0.153. The van der Waals surface area contributed by atoms with Crippen molar-refractivity contribution in [1.82, 2.24) is 10.2 Å². The Labute approximate surface area is 189 Å². The number of carbonyl (C=O) groups is 2. The molecule has 0 spiro atoms. The fourth-order valence-electron chi connectivity index (χ4n) is 3.83. The van der Waals surface area contributed by atoms with Gasteiger partial charge < -0.3 is 15.0 Å². The minimum absolute atomic E-state index is 0.0398. The van der Waals surface area contributed by atoms with E-state index in [1.807, 2.05) is 55.1 Å². The number of amides is 2. The lowest BCUT2D eigenvalue weighted by molar-refractivity contribution is -0.124. The molecule has 0 saturated carbocycles. The fraction of sp³-hybridized carbons (Fsp3) is 0.440. The van der Waals surface area contributed by atoms with Crippen LogP contribution in [0.3, 0.4) is 0 Å². The standard InChI is InChI=1S/C25H31ClN2O3/c1-16(2)19-5-7-20(8-6-19)25(30)28-11-9-21(10-12-28)27-23(29)15-31-22-13-17(3)24(26)18(4)14-22/h5-8,13-14,16,21H,9-12,15H2,1-4H3,(H,27,29). The van der Waals surface area contributed by atoms with Gasteiger partial charge in [0.05, 0.1) is 0 Å². The highest BCUT2D eigenvalue weighted by molar-refractivity contribution is 6.32. The van der Waals surface area contributed by atoms with Crippen LogP contribution in [-0.4, -0.2) is 42.5 Å². The van der Waals surface area contributed by atoms with Gasteiger partial charge in [0.1, 0.15) is 5.75 Å². The lowest BCUT2D eigenvalue weighted by atomic mass is 10.0. The van der Waals surface area contributed by atoms with Crippen molar-refractivity contribution in [1.29, 1.82) is 0 Å². The predicted molar refractivity (Wildman–Crippen MR) is 124 cm³/mol. The lowest BCUT2D eigenvalue weighted by Crippen LogP contribution is -2.47. The van der Waals surface area contributed by atoms with Crippen molar-refractivity contribution < 1.29 is 14.3 Å². The highest BCUT2D eigenvalue weighted by Crippen LogP contribution is 2.26. The van der Waals surface area contributed by atoms with Crippen LogP contribution in [0, 0.1) is 13.8 Å². The van der Waals surface area contributed by atoms with E-state index in [1.54, 1.807) is 0 Å². The van der Waals surface area contributed by atoms with E-state index in [0.29, 0.717) is 35.3 Å². The number of likely N-dealkylation sites (tertiary alicyclic amines) is 1. The van der Waals surface area contributed by atoms with Crippen LogP contribution < -0.4 is 10.1 Å². The number of benzene rings is 2. The van der Waals surface area contributed by atoms with Gasteiger partial charge in [-0.15, -0.1) is 0 Å². The number of aryl methyl sites for hydroxylation is 2. The van der Waals surface area contributed by atoms with Crippen molar-refractivity contribution in [3.63, 3.8) is 0 Å². The molecule has 2 aromatic rings. The second kappa shape index (κ2) is 10.2. The maximum Gasteiger partial charge on any atom is 0.258 e. The molecule has 6 heteroatoms. The molecule has 5 nitrogen and oxygen atoms in total. The van der Waals surface area contributed by atoms with Crippen molar-refractivity contribution in [2.24, 2.45) is 0 Å². The second-order valence-electron chi connectivity index (χ2n) is 8.57. The van der Waals surface area contributed by atoms with Gasteiger partial charge in [-0.3, -0.25) is 9.59 Å². The molecular weight excluding hydrogens is 412 g/mol. The Morgan fingerprint density at radius 2 is 1.68 bits per heavy atom. The zero-order valence-electron chi connectivity index (χ0n) is 18.7. The summed E-state index contributed by atoms with van der Waals surface area (Å²) in [6.45, 7) is 9.32. The Morgan fingerprint density at radius 3 is 2.23 bits per heavy atom. The number of nitrogens with one attached hydrogen (secondary N) is 1. The van der Waals surface area contributed by atoms with Gasteiger partial charge in [-0.2, -0.15) is 0 Å². The van der Waals surface area contributed by atoms with Crippen LogP contribution in [-0.2, 0) is 4.79 Å². The summed E-state index contributed by atoms with van der Waals surface area (Å²) in [5.41, 5.74) is 3.79. The Bertz CT molecular complexity index is 909. The summed E-state index contributed by atoms with van der Waals surface area (Å²) in [5, 5.41) is 3.74. The lowest BCUT2D eigenvalue weighted by Gasteiger charge is -2.32. The van der Waals surface area contributed by atoms with Crippen molar-refractivity contribution >= 4 is 23.4 Å². The van der Waals surface area contributed by atoms with Crippen LogP contribution in [0.2, 0.25) is 5.02 Å². The molecule has 1 aliphatic heterocycles. The zero-order chi connectivity index (χ0) is 22.5. The monoisotopic (exact) mass is 442 g/mol. The van der Waals surface area contributed by atoms with Crippen molar-refractivity contribution in [3.8, 4) is 5.75 Å². The molecule has 31 heavy (non-hydrogen) atoms. The van der Waals surface area contributed by atoms with Crippen LogP contribution in [0.15, 0.2) is 36.4 Å². The number of piperidine rings is 1. The van der Waals surface area contributed by atoms with Gasteiger partial charge in [0.25, 0.3) is 11.8 Å². The number of ether oxygens (including phenoxy) is 1. The summed E-state index contributed by atoms with van der Waals surface area (Å²) >= 11 is 6.17. The number of hydrogen-bond acceptors (Lipinski definition) is 3. The zero-order valence-corrected chi connectivity index (χ0v) is 19.5. The van der Waals surface area contributed by atoms with Gasteiger partial charge >= 0.3 is 0 Å². The largest absolute Gasteiger partial charge is 0.484 e. The van der Waals surface area contributed by atoms with E-state index in [2.05, 4.69) is 19.2 Å². The highest BCUT2D eigenvalue weighted by Gasteiger charge is 2.24. The van der Waals surface area contributed by atoms with E-state index in [0.717, 1.165) is 24.0 Å². The molecule has 1 fully saturated rings. The SMILES string of the molecule is Cc1cc(OCC(=O)NC2CCN(C(=O)c3ccc(C(C)C)cc3)CC2)cc(C)c1Cl. The number of hydrogen-bond donors (Lipinski definition) is 1. The molecule has 0 aliphatic carbocycles. The van der Waals surface area contributed by atoms with E-state index in [-0.39, 0.29) is 24.5 Å². The first-order chi connectivity index (χ1) is 14.7. The number of nitrogens with zero attached hydrogens (tertiary/aromatic N) is 1. The molecule has 1 N–H and O–H groups in total. The molecule has 166 valence electrons. The van der Waals surface area contributed by atoms with Crippen molar-refractivity contribution in [2.45, 2.75) is 52.5 Å². The average molecular weight is 443 g/mol. The average Bonchev–Trinajstić information content (AvgIpc) is 2.76. The van der Waals surface area contributed by atoms with E-state index in [1.165, 1.54) is 5.56 Å². The molecule has 0 bridgehead atoms. The van der Waals surface area contributed by atoms with Crippen LogP contribution in [0.5, 0.6) is 5.75 Å². The summed E-state index contributed by atoms with van der Waals surface area (Å²) in [5.74, 6) is 0.981. The third-order valence-electron chi connectivity index (χ3n) is 5.75. The summed E-state index contributed by atoms with van der Waals surface area (Å²) in [7, 11) is 0. The first-order valence-electron chi connectivity index (χ1n) is 10.8. The topological polar surface area (TPSA) is 58.6 Å². The van der Waals surface area contributed by atoms with E-state index in [4.69, 9.17) is 16.3 Å². The quantitative estimate of drug-likeness (QED) is 0.693. The molecule has 0 atom stereocenters. The molecular formula is C25H31ClN2O3. The summed E-state index contributed by atoms with van der Waals surface area (Å²) < 4.78 is 5.63. The molecule has 0 radical (unpaired) electrons. The second-order valence-corrected chi connectivity index (χ2v) is 8.95. The maximum absolute atomic E-state index is 12.8. The van der Waals surface area contributed by atoms with E-state index in [9.17, 15) is 9.59 Å². The smallest absolute Gasteiger partial charge is 0.258 e. The molecule has 0 unspecified atom stereocenters. The van der Waals surface area contributed by atoms with Crippen LogP contribution in [0.25, 0.3) is 0 Å². The molecule has 2 amide bonds. The third-order valence-corrected chi connectivity index (χ3v) is 6.35. The molecule has 1 aliphatic rings. The van der Waals surface area contributed by atoms with Crippen LogP contribution in [0.1, 0.15) is 59.7 Å². The summed E-state index contributed by atoms with van der Waals surface area (Å²) in [6.07, 6.45) is 1.47. The maximum atomic E-state index is 12.8. The number of halogens is 1. The molecule has 1 saturated heterocycles. The Balaban J connectivity index is 1.45. The first kappa shape index (κ1) is 23.1. The molecule has 3 rings (SSSR count). The van der Waals surface area contributed by atoms with Gasteiger partial charge in [0.2, 0.25) is 0 Å². The summed E-state index contributed by atoms with van der Waals surface area (Å²) in [4.78, 5) is 26.9. The highest BCUT2D eigenvalue weighted by atomic mass is 35.5. The van der Waals surface area contributed by atoms with E-state index >= 15 is 0 Å². The van der Waals surface area contributed by atoms with Gasteiger partial charge in [-0.1, -0.05) is 37.6 Å². The molecule has 0 aromatic heterocycles. The Hall–Kier alpha value is -2.53. The van der Waals surface area contributed by atoms with Crippen molar-refractivity contribution in [3.05, 3.63) is 63.7 Å². The van der Waals surface area contributed by atoms with Gasteiger partial charge in [0, 0.05) is 29.7 Å². The molecule has 1 heterocycles. The van der Waals surface area contributed by atoms with Gasteiger partial charge in [0.15, 0.2) is 6.61 Å². The van der Waals surface area contributed by atoms with Crippen LogP contribution >= 0.6 is 11.6 Å². The minimum Gasteiger partial charge on any atom is -0.484 e. The fourth-order valence-corrected chi connectivity index (χ4v) is 3.94. The first-order valence-corrected chi connectivity index (χ1v) is 11.2. The van der Waals surface area contributed by atoms with Crippen molar-refractivity contribution in [2.75, 3.05) is 19.7 Å². The van der Waals surface area contributed by atoms with Crippen LogP contribution in [0.4, 0.5) is 0 Å². The predicted octanol–water partition coefficient (Wildman–Crippen LogP) is 4.88. The third kappa shape index (κ3) is 6.01. The Kier molecular flexibility index (Phi) is 7.60. The Morgan fingerprint density at radius 1 is 1.10 bits per heavy atom.